The Kier molecular flexibility index (Phi) is 6.83. The number of carbonyl (C=O) groups excluding carboxylic acids is 1. The smallest absolute Gasteiger partial charge is 0.185 e. The first kappa shape index (κ1) is 21.5. The molecule has 0 atom stereocenters. The number of Topliss-reactive ketones (excluding diaryl/α,β-unsaturated/α-hetero) is 1. The van der Waals surface area contributed by atoms with E-state index in [0.29, 0.717) is 30.3 Å². The summed E-state index contributed by atoms with van der Waals surface area (Å²) in [5.41, 5.74) is 3.17. The number of hydrogen-bond acceptors (Lipinski definition) is 5. The molecule has 1 aliphatic carbocycles. The minimum Gasteiger partial charge on any atom is -0.497 e. The van der Waals surface area contributed by atoms with Gasteiger partial charge in [-0.3, -0.25) is 4.79 Å². The fourth-order valence-corrected chi connectivity index (χ4v) is 3.74. The van der Waals surface area contributed by atoms with Crippen LogP contribution in [0, 0.1) is 5.92 Å². The maximum absolute atomic E-state index is 13.3. The summed E-state index contributed by atoms with van der Waals surface area (Å²) in [4.78, 5) is 13.3. The molecule has 3 rings (SSSR count). The van der Waals surface area contributed by atoms with Crippen LogP contribution in [-0.2, 0) is 4.79 Å². The third kappa shape index (κ3) is 4.67. The molecular weight excluding hydrogens is 380 g/mol. The molecule has 1 saturated carbocycles. The van der Waals surface area contributed by atoms with Crippen LogP contribution in [-0.4, -0.2) is 34.2 Å². The van der Waals surface area contributed by atoms with Gasteiger partial charge in [0.2, 0.25) is 0 Å². The Morgan fingerprint density at radius 1 is 0.733 bits per heavy atom. The number of ketones is 1. The van der Waals surface area contributed by atoms with Gasteiger partial charge in [-0.15, -0.1) is 0 Å². The molecular formula is C25H28O5. The molecule has 0 bridgehead atoms. The van der Waals surface area contributed by atoms with Crippen molar-refractivity contribution in [3.8, 4) is 23.0 Å². The van der Waals surface area contributed by atoms with Gasteiger partial charge in [0.25, 0.3) is 0 Å². The average molecular weight is 408 g/mol. The fraction of sp³-hybridized carbons (Fsp3) is 0.320. The molecule has 1 aliphatic rings. The van der Waals surface area contributed by atoms with Gasteiger partial charge in [0, 0.05) is 22.3 Å². The lowest BCUT2D eigenvalue weighted by atomic mass is 9.80. The topological polar surface area (TPSA) is 54.0 Å². The summed E-state index contributed by atoms with van der Waals surface area (Å²) in [6.07, 6.45) is 5.25. The summed E-state index contributed by atoms with van der Waals surface area (Å²) < 4.78 is 21.6. The van der Waals surface area contributed by atoms with Crippen molar-refractivity contribution in [1.29, 1.82) is 0 Å². The highest BCUT2D eigenvalue weighted by atomic mass is 16.5. The molecule has 0 heterocycles. The van der Waals surface area contributed by atoms with E-state index < -0.39 is 0 Å². The van der Waals surface area contributed by atoms with Crippen molar-refractivity contribution in [2.45, 2.75) is 19.8 Å². The molecule has 0 amide bonds. The van der Waals surface area contributed by atoms with Crippen LogP contribution in [0.3, 0.4) is 0 Å². The van der Waals surface area contributed by atoms with E-state index in [1.54, 1.807) is 28.4 Å². The standard InChI is InChI=1S/C25H28O5/c1-16-10-19(12-17-14-21(27-2)6-8-23(17)29-4)25(26)20(11-16)13-18-15-22(28-3)7-9-24(18)30-5/h6-9,12-16H,10-11H2,1-5H3/b19-12-,20-13-. The highest BCUT2D eigenvalue weighted by Crippen LogP contribution is 2.36. The van der Waals surface area contributed by atoms with Crippen molar-refractivity contribution >= 4 is 17.9 Å². The number of methoxy groups -OCH3 is 4. The molecule has 5 nitrogen and oxygen atoms in total. The molecule has 0 unspecified atom stereocenters. The second kappa shape index (κ2) is 9.53. The van der Waals surface area contributed by atoms with Gasteiger partial charge in [-0.2, -0.15) is 0 Å². The second-order valence-electron chi connectivity index (χ2n) is 7.40. The van der Waals surface area contributed by atoms with Crippen LogP contribution < -0.4 is 18.9 Å². The highest BCUT2D eigenvalue weighted by Gasteiger charge is 2.26. The Bertz CT molecular complexity index is 910. The number of allylic oxidation sites excluding steroid dienone is 2. The maximum Gasteiger partial charge on any atom is 0.185 e. The van der Waals surface area contributed by atoms with Crippen LogP contribution in [0.25, 0.3) is 12.2 Å². The van der Waals surface area contributed by atoms with Gasteiger partial charge in [-0.25, -0.2) is 0 Å². The molecule has 0 saturated heterocycles. The first-order chi connectivity index (χ1) is 14.5. The lowest BCUT2D eigenvalue weighted by Crippen LogP contribution is -2.18. The molecule has 1 fully saturated rings. The quantitative estimate of drug-likeness (QED) is 0.616. The molecule has 0 radical (unpaired) electrons. The number of rotatable bonds is 6. The number of carbonyl (C=O) groups is 1. The molecule has 2 aromatic carbocycles. The van der Waals surface area contributed by atoms with Crippen molar-refractivity contribution < 1.29 is 23.7 Å². The Labute approximate surface area is 177 Å². The molecule has 0 aromatic heterocycles. The first-order valence-electron chi connectivity index (χ1n) is 9.89. The predicted molar refractivity (Wildman–Crippen MR) is 118 cm³/mol. The van der Waals surface area contributed by atoms with Crippen LogP contribution in [0.4, 0.5) is 0 Å². The van der Waals surface area contributed by atoms with Crippen LogP contribution in [0.5, 0.6) is 23.0 Å². The zero-order chi connectivity index (χ0) is 21.7. The van der Waals surface area contributed by atoms with E-state index in [2.05, 4.69) is 6.92 Å². The predicted octanol–water partition coefficient (Wildman–Crippen LogP) is 5.19. The van der Waals surface area contributed by atoms with E-state index >= 15 is 0 Å². The largest absolute Gasteiger partial charge is 0.497 e. The van der Waals surface area contributed by atoms with Crippen molar-refractivity contribution in [1.82, 2.24) is 0 Å². The van der Waals surface area contributed by atoms with Gasteiger partial charge in [0.05, 0.1) is 28.4 Å². The van der Waals surface area contributed by atoms with Crippen LogP contribution >= 0.6 is 0 Å². The van der Waals surface area contributed by atoms with E-state index in [1.165, 1.54) is 0 Å². The zero-order valence-electron chi connectivity index (χ0n) is 18.2. The SMILES string of the molecule is COc1ccc(OC)c(/C=C2/CC(C)C/C(=C/c3cc(OC)ccc3OC)C2=O)c1. The van der Waals surface area contributed by atoms with Crippen LogP contribution in [0.2, 0.25) is 0 Å². The van der Waals surface area contributed by atoms with Crippen molar-refractivity contribution in [3.63, 3.8) is 0 Å². The Morgan fingerprint density at radius 3 is 1.53 bits per heavy atom. The Hall–Kier alpha value is -3.21. The summed E-state index contributed by atoms with van der Waals surface area (Å²) in [6, 6.07) is 11.1. The third-order valence-corrected chi connectivity index (χ3v) is 5.25. The zero-order valence-corrected chi connectivity index (χ0v) is 18.2. The fourth-order valence-electron chi connectivity index (χ4n) is 3.74. The van der Waals surface area contributed by atoms with Crippen molar-refractivity contribution in [2.24, 2.45) is 5.92 Å². The summed E-state index contributed by atoms with van der Waals surface area (Å²) in [5, 5.41) is 0. The van der Waals surface area contributed by atoms with Gasteiger partial charge >= 0.3 is 0 Å². The minimum absolute atomic E-state index is 0.0443. The summed E-state index contributed by atoms with van der Waals surface area (Å²) in [7, 11) is 6.48. The van der Waals surface area contributed by atoms with E-state index in [1.807, 2.05) is 48.6 Å². The van der Waals surface area contributed by atoms with E-state index in [4.69, 9.17) is 18.9 Å². The maximum atomic E-state index is 13.3. The Balaban J connectivity index is 2.02. The Morgan fingerprint density at radius 2 is 1.17 bits per heavy atom. The van der Waals surface area contributed by atoms with Gasteiger partial charge in [0.15, 0.2) is 5.78 Å². The van der Waals surface area contributed by atoms with Gasteiger partial charge in [0.1, 0.15) is 23.0 Å². The number of benzene rings is 2. The van der Waals surface area contributed by atoms with Crippen molar-refractivity contribution in [2.75, 3.05) is 28.4 Å². The molecule has 30 heavy (non-hydrogen) atoms. The molecule has 0 N–H and O–H groups in total. The normalized spacial score (nSPS) is 19.1. The minimum atomic E-state index is 0.0443. The van der Waals surface area contributed by atoms with Crippen molar-refractivity contribution in [3.05, 3.63) is 58.7 Å². The second-order valence-corrected chi connectivity index (χ2v) is 7.40. The first-order valence-corrected chi connectivity index (χ1v) is 9.89. The molecule has 0 aliphatic heterocycles. The molecule has 2 aromatic rings. The number of hydrogen-bond donors (Lipinski definition) is 0. The van der Waals surface area contributed by atoms with Crippen LogP contribution in [0.1, 0.15) is 30.9 Å². The van der Waals surface area contributed by atoms with Gasteiger partial charge in [-0.05, 0) is 67.3 Å². The monoisotopic (exact) mass is 408 g/mol. The molecule has 5 heteroatoms. The van der Waals surface area contributed by atoms with Gasteiger partial charge < -0.3 is 18.9 Å². The van der Waals surface area contributed by atoms with E-state index in [9.17, 15) is 4.79 Å². The summed E-state index contributed by atoms with van der Waals surface area (Å²) in [5.74, 6) is 3.23. The molecule has 0 spiro atoms. The lowest BCUT2D eigenvalue weighted by Gasteiger charge is -2.23. The van der Waals surface area contributed by atoms with Gasteiger partial charge in [-0.1, -0.05) is 6.92 Å². The lowest BCUT2D eigenvalue weighted by molar-refractivity contribution is -0.113. The number of ether oxygens (including phenoxy) is 4. The average Bonchev–Trinajstić information content (AvgIpc) is 2.76. The highest BCUT2D eigenvalue weighted by molar-refractivity contribution is 6.14. The third-order valence-electron chi connectivity index (χ3n) is 5.25. The van der Waals surface area contributed by atoms with Crippen LogP contribution in [0.15, 0.2) is 47.5 Å². The van der Waals surface area contributed by atoms with E-state index in [-0.39, 0.29) is 5.78 Å². The molecule has 158 valence electrons. The summed E-state index contributed by atoms with van der Waals surface area (Å²) in [6.45, 7) is 2.15. The van der Waals surface area contributed by atoms with E-state index in [0.717, 1.165) is 33.8 Å². The summed E-state index contributed by atoms with van der Waals surface area (Å²) >= 11 is 0.